The van der Waals surface area contributed by atoms with E-state index in [1.807, 2.05) is 11.9 Å². The number of carbonyl (C=O) groups excluding carboxylic acids is 2. The molecule has 0 spiro atoms. The Morgan fingerprint density at radius 2 is 1.74 bits per heavy atom. The maximum Gasteiger partial charge on any atom is 0.416 e. The predicted octanol–water partition coefficient (Wildman–Crippen LogP) is 5.17. The summed E-state index contributed by atoms with van der Waals surface area (Å²) in [6, 6.07) is 7.70. The molecule has 2 aliphatic rings. The van der Waals surface area contributed by atoms with Crippen LogP contribution in [0.2, 0.25) is 0 Å². The largest absolute Gasteiger partial charge is 0.439 e. The number of ether oxygens (including phenoxy) is 1. The molecule has 0 radical (unpaired) electrons. The first-order chi connectivity index (χ1) is 20.0. The topological polar surface area (TPSA) is 112 Å². The van der Waals surface area contributed by atoms with Crippen LogP contribution in [0.5, 0.6) is 11.6 Å². The van der Waals surface area contributed by atoms with Crippen LogP contribution in [0.15, 0.2) is 48.8 Å². The van der Waals surface area contributed by atoms with E-state index in [0.717, 1.165) is 38.1 Å². The van der Waals surface area contributed by atoms with Gasteiger partial charge < -0.3 is 25.6 Å². The number of hydrogen-bond donors (Lipinski definition) is 3. The summed E-state index contributed by atoms with van der Waals surface area (Å²) >= 11 is 0. The molecule has 3 aromatic rings. The van der Waals surface area contributed by atoms with Crippen LogP contribution < -0.4 is 20.7 Å². The Morgan fingerprint density at radius 1 is 0.976 bits per heavy atom. The fraction of sp³-hybridized carbons (Fsp3) is 0.357. The molecule has 2 aromatic carbocycles. The van der Waals surface area contributed by atoms with Crippen molar-refractivity contribution in [3.63, 3.8) is 0 Å². The van der Waals surface area contributed by atoms with E-state index in [9.17, 15) is 27.2 Å². The van der Waals surface area contributed by atoms with Crippen LogP contribution in [-0.4, -0.2) is 64.9 Å². The maximum absolute atomic E-state index is 14.8. The quantitative estimate of drug-likeness (QED) is 0.312. The van der Waals surface area contributed by atoms with Gasteiger partial charge in [-0.25, -0.2) is 19.2 Å². The molecule has 1 aromatic heterocycles. The van der Waals surface area contributed by atoms with E-state index in [1.165, 1.54) is 36.7 Å². The number of rotatable bonds is 8. The molecule has 10 nitrogen and oxygen atoms in total. The first-order valence-electron chi connectivity index (χ1n) is 13.3. The van der Waals surface area contributed by atoms with Crippen molar-refractivity contribution in [3.05, 3.63) is 65.7 Å². The van der Waals surface area contributed by atoms with E-state index in [0.29, 0.717) is 13.1 Å². The minimum Gasteiger partial charge on any atom is -0.439 e. The number of nitrogens with zero attached hydrogens (tertiary/aromatic N) is 4. The number of alkyl halides is 3. The van der Waals surface area contributed by atoms with Gasteiger partial charge in [0.2, 0.25) is 11.8 Å². The standard InChI is InChI=1S/C28H29F4N7O3/c1-38-8-10-39(11-9-38)15-18-4-5-19(12-21(18)28(30,31)32)35-27(41)36-23-7-6-20(13-22(23)29)42-25-14-24(33-16-34-25)37-26(40)17-2-3-17/h4-7,12-14,16-17H,2-3,8-11,15H2,1H3,(H2,35,36,41)(H,33,34,37,40). The van der Waals surface area contributed by atoms with E-state index in [4.69, 9.17) is 4.74 Å². The van der Waals surface area contributed by atoms with Crippen molar-refractivity contribution >= 4 is 29.1 Å². The number of carbonyl (C=O) groups is 2. The van der Waals surface area contributed by atoms with E-state index in [1.54, 1.807) is 0 Å². The van der Waals surface area contributed by atoms with Gasteiger partial charge in [0, 0.05) is 56.5 Å². The molecule has 1 saturated heterocycles. The van der Waals surface area contributed by atoms with Crippen molar-refractivity contribution in [1.29, 1.82) is 0 Å². The second kappa shape index (κ2) is 12.3. The van der Waals surface area contributed by atoms with Crippen molar-refractivity contribution in [2.75, 3.05) is 49.2 Å². The summed E-state index contributed by atoms with van der Waals surface area (Å²) in [7, 11) is 1.96. The third-order valence-electron chi connectivity index (χ3n) is 6.92. The molecule has 0 atom stereocenters. The zero-order chi connectivity index (χ0) is 29.9. The van der Waals surface area contributed by atoms with Gasteiger partial charge in [-0.15, -0.1) is 0 Å². The zero-order valence-corrected chi connectivity index (χ0v) is 22.7. The van der Waals surface area contributed by atoms with Gasteiger partial charge in [-0.3, -0.25) is 9.69 Å². The van der Waals surface area contributed by atoms with Gasteiger partial charge >= 0.3 is 12.2 Å². The lowest BCUT2D eigenvalue weighted by Gasteiger charge is -2.33. The number of hydrogen-bond acceptors (Lipinski definition) is 7. The number of anilines is 3. The monoisotopic (exact) mass is 587 g/mol. The number of likely N-dealkylation sites (N-methyl/N-ethyl adjacent to an activating group) is 1. The van der Waals surface area contributed by atoms with Crippen molar-refractivity contribution in [2.24, 2.45) is 5.92 Å². The maximum atomic E-state index is 14.8. The molecular weight excluding hydrogens is 558 g/mol. The van der Waals surface area contributed by atoms with E-state index < -0.39 is 23.6 Å². The highest BCUT2D eigenvalue weighted by molar-refractivity contribution is 6.00. The van der Waals surface area contributed by atoms with Crippen molar-refractivity contribution in [1.82, 2.24) is 19.8 Å². The van der Waals surface area contributed by atoms with Gasteiger partial charge in [-0.2, -0.15) is 13.2 Å². The van der Waals surface area contributed by atoms with Crippen LogP contribution in [0.25, 0.3) is 0 Å². The van der Waals surface area contributed by atoms with Crippen LogP contribution in [0, 0.1) is 11.7 Å². The number of halogens is 4. The van der Waals surface area contributed by atoms with Crippen LogP contribution in [0.4, 0.5) is 39.5 Å². The van der Waals surface area contributed by atoms with Gasteiger partial charge in [0.05, 0.1) is 11.3 Å². The van der Waals surface area contributed by atoms with Crippen LogP contribution in [-0.2, 0) is 17.5 Å². The Hall–Kier alpha value is -4.30. The van der Waals surface area contributed by atoms with Crippen molar-refractivity contribution in [3.8, 4) is 11.6 Å². The van der Waals surface area contributed by atoms with Gasteiger partial charge in [0.25, 0.3) is 0 Å². The second-order valence-corrected chi connectivity index (χ2v) is 10.3. The molecule has 222 valence electrons. The van der Waals surface area contributed by atoms with Gasteiger partial charge in [0.1, 0.15) is 23.7 Å². The molecule has 14 heteroatoms. The number of piperazine rings is 1. The van der Waals surface area contributed by atoms with Crippen LogP contribution in [0.3, 0.4) is 0 Å². The van der Waals surface area contributed by atoms with E-state index >= 15 is 0 Å². The van der Waals surface area contributed by atoms with E-state index in [-0.39, 0.29) is 52.8 Å². The summed E-state index contributed by atoms with van der Waals surface area (Å²) in [6.07, 6.45) is -1.77. The van der Waals surface area contributed by atoms with E-state index in [2.05, 4.69) is 30.8 Å². The Kier molecular flexibility index (Phi) is 8.54. The van der Waals surface area contributed by atoms with Crippen LogP contribution in [0.1, 0.15) is 24.0 Å². The van der Waals surface area contributed by atoms with Crippen molar-refractivity contribution < 1.29 is 31.9 Å². The van der Waals surface area contributed by atoms with Gasteiger partial charge in [0.15, 0.2) is 0 Å². The van der Waals surface area contributed by atoms with Gasteiger partial charge in [-0.1, -0.05) is 6.07 Å². The second-order valence-electron chi connectivity index (χ2n) is 10.3. The fourth-order valence-electron chi connectivity index (χ4n) is 4.41. The molecule has 3 amide bonds. The molecule has 1 saturated carbocycles. The zero-order valence-electron chi connectivity index (χ0n) is 22.7. The highest BCUT2D eigenvalue weighted by Crippen LogP contribution is 2.35. The number of urea groups is 1. The molecule has 2 heterocycles. The number of nitrogens with one attached hydrogen (secondary N) is 3. The lowest BCUT2D eigenvalue weighted by Crippen LogP contribution is -2.44. The minimum atomic E-state index is -4.62. The van der Waals surface area contributed by atoms with Crippen molar-refractivity contribution in [2.45, 2.75) is 25.6 Å². The average molecular weight is 588 g/mol. The normalized spacial score (nSPS) is 16.1. The summed E-state index contributed by atoms with van der Waals surface area (Å²) in [4.78, 5) is 36.4. The molecule has 0 bridgehead atoms. The highest BCUT2D eigenvalue weighted by atomic mass is 19.4. The third-order valence-corrected chi connectivity index (χ3v) is 6.92. The third kappa shape index (κ3) is 7.70. The molecule has 1 aliphatic carbocycles. The Bertz CT molecular complexity index is 1460. The first-order valence-corrected chi connectivity index (χ1v) is 13.3. The molecule has 42 heavy (non-hydrogen) atoms. The summed E-state index contributed by atoms with van der Waals surface area (Å²) < 4.78 is 61.8. The smallest absolute Gasteiger partial charge is 0.416 e. The predicted molar refractivity (Wildman–Crippen MR) is 147 cm³/mol. The number of amides is 3. The fourth-order valence-corrected chi connectivity index (χ4v) is 4.41. The lowest BCUT2D eigenvalue weighted by atomic mass is 10.0. The number of benzene rings is 2. The van der Waals surface area contributed by atoms with Crippen LogP contribution >= 0.6 is 0 Å². The van der Waals surface area contributed by atoms with Gasteiger partial charge in [-0.05, 0) is 49.7 Å². The SMILES string of the molecule is CN1CCN(Cc2ccc(NC(=O)Nc3ccc(Oc4cc(NC(=O)C5CC5)ncn4)cc3F)cc2C(F)(F)F)CC1. The molecule has 1 aliphatic heterocycles. The summed E-state index contributed by atoms with van der Waals surface area (Å²) in [6.45, 7) is 2.99. The summed E-state index contributed by atoms with van der Waals surface area (Å²) in [5.74, 6) is -0.650. The molecule has 5 rings (SSSR count). The number of aromatic nitrogens is 2. The summed E-state index contributed by atoms with van der Waals surface area (Å²) in [5.41, 5.74) is -1.04. The highest BCUT2D eigenvalue weighted by Gasteiger charge is 2.34. The molecule has 3 N–H and O–H groups in total. The molecule has 0 unspecified atom stereocenters. The lowest BCUT2D eigenvalue weighted by molar-refractivity contribution is -0.138. The Morgan fingerprint density at radius 3 is 2.43 bits per heavy atom. The Labute approximate surface area is 239 Å². The average Bonchev–Trinajstić information content (AvgIpc) is 3.78. The summed E-state index contributed by atoms with van der Waals surface area (Å²) in [5, 5.41) is 7.29. The Balaban J connectivity index is 1.20. The first kappa shape index (κ1) is 29.2. The minimum absolute atomic E-state index is 0.0195. The molecular formula is C28H29F4N7O3. The molecule has 2 fully saturated rings.